The van der Waals surface area contributed by atoms with Crippen LogP contribution in [0.4, 0.5) is 0 Å². The van der Waals surface area contributed by atoms with Crippen molar-refractivity contribution in [2.75, 3.05) is 0 Å². The normalized spacial score (nSPS) is 10.3. The van der Waals surface area contributed by atoms with E-state index in [-0.39, 0.29) is 12.1 Å². The van der Waals surface area contributed by atoms with Gasteiger partial charge in [-0.2, -0.15) is 0 Å². The van der Waals surface area contributed by atoms with Gasteiger partial charge in [-0.05, 0) is 12.8 Å². The summed E-state index contributed by atoms with van der Waals surface area (Å²) in [6, 6.07) is 0. The van der Waals surface area contributed by atoms with E-state index in [9.17, 15) is 4.79 Å². The van der Waals surface area contributed by atoms with Gasteiger partial charge in [-0.25, -0.2) is 0 Å². The van der Waals surface area contributed by atoms with Gasteiger partial charge in [0.1, 0.15) is 0 Å². The lowest BCUT2D eigenvalue weighted by Crippen LogP contribution is -2.30. The second-order valence-corrected chi connectivity index (χ2v) is 2.38. The van der Waals surface area contributed by atoms with E-state index in [0.717, 1.165) is 19.3 Å². The van der Waals surface area contributed by atoms with Gasteiger partial charge in [-0.15, -0.1) is 0 Å². The first-order chi connectivity index (χ1) is 4.63. The molecule has 0 fully saturated rings. The number of primary amides is 1. The van der Waals surface area contributed by atoms with Gasteiger partial charge < -0.3 is 17.2 Å². The summed E-state index contributed by atoms with van der Waals surface area (Å²) in [7, 11) is 0. The number of amides is 1. The van der Waals surface area contributed by atoms with Crippen LogP contribution in [-0.2, 0) is 4.79 Å². The molecule has 1 amide bonds. The second kappa shape index (κ2) is 5.20. The molecule has 0 saturated heterocycles. The Bertz CT molecular complexity index is 103. The fourth-order valence-corrected chi connectivity index (χ4v) is 0.679. The van der Waals surface area contributed by atoms with Crippen LogP contribution < -0.4 is 17.2 Å². The Morgan fingerprint density at radius 3 is 2.30 bits per heavy atom. The molecule has 0 saturated carbocycles. The van der Waals surface area contributed by atoms with E-state index >= 15 is 0 Å². The molecule has 10 heavy (non-hydrogen) atoms. The first kappa shape index (κ1) is 9.39. The average molecular weight is 145 g/mol. The monoisotopic (exact) mass is 145 g/mol. The number of hydrogen-bond acceptors (Lipinski definition) is 3. The van der Waals surface area contributed by atoms with Gasteiger partial charge in [0.05, 0.1) is 6.17 Å². The van der Waals surface area contributed by atoms with Gasteiger partial charge >= 0.3 is 0 Å². The SMILES string of the molecule is NC(=O)CCCCC(N)N. The second-order valence-electron chi connectivity index (χ2n) is 2.38. The minimum absolute atomic E-state index is 0.257. The highest BCUT2D eigenvalue weighted by Gasteiger charge is 1.96. The third-order valence-electron chi connectivity index (χ3n) is 1.21. The number of carbonyl (C=O) groups excluding carboxylic acids is 1. The predicted molar refractivity (Wildman–Crippen MR) is 39.8 cm³/mol. The van der Waals surface area contributed by atoms with Gasteiger partial charge in [0, 0.05) is 6.42 Å². The van der Waals surface area contributed by atoms with Gasteiger partial charge in [0.2, 0.25) is 5.91 Å². The first-order valence-corrected chi connectivity index (χ1v) is 3.42. The van der Waals surface area contributed by atoms with E-state index in [1.165, 1.54) is 0 Å². The van der Waals surface area contributed by atoms with Crippen molar-refractivity contribution in [2.24, 2.45) is 17.2 Å². The van der Waals surface area contributed by atoms with Crippen LogP contribution in [0.5, 0.6) is 0 Å². The summed E-state index contributed by atoms with van der Waals surface area (Å²) in [6.45, 7) is 0. The molecule has 6 N–H and O–H groups in total. The van der Waals surface area contributed by atoms with Crippen LogP contribution in [0.2, 0.25) is 0 Å². The number of carbonyl (C=O) groups is 1. The molecule has 0 aromatic heterocycles. The van der Waals surface area contributed by atoms with Crippen LogP contribution in [0.15, 0.2) is 0 Å². The molecule has 60 valence electrons. The molecule has 0 aliphatic carbocycles. The van der Waals surface area contributed by atoms with Crippen molar-refractivity contribution < 1.29 is 4.79 Å². The number of unbranched alkanes of at least 4 members (excludes halogenated alkanes) is 1. The highest BCUT2D eigenvalue weighted by Crippen LogP contribution is 1.98. The molecule has 0 unspecified atom stereocenters. The first-order valence-electron chi connectivity index (χ1n) is 3.42. The van der Waals surface area contributed by atoms with Crippen molar-refractivity contribution in [3.63, 3.8) is 0 Å². The molecular weight excluding hydrogens is 130 g/mol. The van der Waals surface area contributed by atoms with Gasteiger partial charge in [0.15, 0.2) is 0 Å². The molecule has 0 radical (unpaired) electrons. The summed E-state index contributed by atoms with van der Waals surface area (Å²) in [6.07, 6.45) is 2.61. The predicted octanol–water partition coefficient (Wildman–Crippen LogP) is -0.724. The fraction of sp³-hybridized carbons (Fsp3) is 0.833. The maximum atomic E-state index is 10.2. The largest absolute Gasteiger partial charge is 0.370 e. The Labute approximate surface area is 60.7 Å². The number of hydrogen-bond donors (Lipinski definition) is 3. The summed E-state index contributed by atoms with van der Waals surface area (Å²) in [5.41, 5.74) is 15.4. The van der Waals surface area contributed by atoms with Crippen molar-refractivity contribution in [1.29, 1.82) is 0 Å². The summed E-state index contributed by atoms with van der Waals surface area (Å²) in [4.78, 5) is 10.2. The molecule has 0 aromatic rings. The van der Waals surface area contributed by atoms with E-state index in [1.807, 2.05) is 0 Å². The minimum Gasteiger partial charge on any atom is -0.370 e. The van der Waals surface area contributed by atoms with Gasteiger partial charge in [-0.1, -0.05) is 6.42 Å². The quantitative estimate of drug-likeness (QED) is 0.352. The zero-order chi connectivity index (χ0) is 7.98. The average Bonchev–Trinajstić information content (AvgIpc) is 1.79. The van der Waals surface area contributed by atoms with E-state index in [2.05, 4.69) is 0 Å². The van der Waals surface area contributed by atoms with Crippen LogP contribution in [-0.4, -0.2) is 12.1 Å². The van der Waals surface area contributed by atoms with Crippen molar-refractivity contribution in [2.45, 2.75) is 31.8 Å². The van der Waals surface area contributed by atoms with Gasteiger partial charge in [-0.3, -0.25) is 4.79 Å². The smallest absolute Gasteiger partial charge is 0.217 e. The van der Waals surface area contributed by atoms with Crippen molar-refractivity contribution in [3.8, 4) is 0 Å². The van der Waals surface area contributed by atoms with Crippen molar-refractivity contribution in [3.05, 3.63) is 0 Å². The lowest BCUT2D eigenvalue weighted by Gasteiger charge is -2.02. The molecule has 4 nitrogen and oxygen atoms in total. The zero-order valence-electron chi connectivity index (χ0n) is 6.05. The summed E-state index contributed by atoms with van der Waals surface area (Å²) < 4.78 is 0. The van der Waals surface area contributed by atoms with Crippen LogP contribution in [0.1, 0.15) is 25.7 Å². The van der Waals surface area contributed by atoms with Crippen LogP contribution >= 0.6 is 0 Å². The highest BCUT2D eigenvalue weighted by molar-refractivity contribution is 5.73. The molecule has 0 aliphatic rings. The molecule has 0 atom stereocenters. The topological polar surface area (TPSA) is 95.1 Å². The molecule has 0 bridgehead atoms. The summed E-state index contributed by atoms with van der Waals surface area (Å²) >= 11 is 0. The van der Waals surface area contributed by atoms with Crippen molar-refractivity contribution >= 4 is 5.91 Å². The van der Waals surface area contributed by atoms with Crippen LogP contribution in [0.25, 0.3) is 0 Å². The summed E-state index contributed by atoms with van der Waals surface area (Å²) in [5, 5.41) is 0. The lowest BCUT2D eigenvalue weighted by atomic mass is 10.1. The Balaban J connectivity index is 2.98. The molecule has 0 rings (SSSR count). The Hall–Kier alpha value is -0.610. The Morgan fingerprint density at radius 1 is 1.30 bits per heavy atom. The standard InChI is InChI=1S/C6H15N3O/c7-5(8)3-1-2-4-6(9)10/h5H,1-4,7-8H2,(H2,9,10). The minimum atomic E-state index is -0.259. The molecule has 4 heteroatoms. The fourth-order valence-electron chi connectivity index (χ4n) is 0.679. The van der Waals surface area contributed by atoms with E-state index in [1.54, 1.807) is 0 Å². The van der Waals surface area contributed by atoms with E-state index in [0.29, 0.717) is 6.42 Å². The zero-order valence-corrected chi connectivity index (χ0v) is 6.05. The number of nitrogens with two attached hydrogens (primary N) is 3. The molecule has 0 aliphatic heterocycles. The lowest BCUT2D eigenvalue weighted by molar-refractivity contribution is -0.118. The maximum Gasteiger partial charge on any atom is 0.217 e. The van der Waals surface area contributed by atoms with Crippen LogP contribution in [0.3, 0.4) is 0 Å². The van der Waals surface area contributed by atoms with Crippen molar-refractivity contribution in [1.82, 2.24) is 0 Å². The van der Waals surface area contributed by atoms with Gasteiger partial charge in [0.25, 0.3) is 0 Å². The Kier molecular flexibility index (Phi) is 4.88. The maximum absolute atomic E-state index is 10.2. The van der Waals surface area contributed by atoms with E-state index in [4.69, 9.17) is 17.2 Å². The Morgan fingerprint density at radius 2 is 1.90 bits per heavy atom. The third-order valence-corrected chi connectivity index (χ3v) is 1.21. The van der Waals surface area contributed by atoms with E-state index < -0.39 is 0 Å². The van der Waals surface area contributed by atoms with Crippen LogP contribution in [0, 0.1) is 0 Å². The molecule has 0 spiro atoms. The molecule has 0 aromatic carbocycles. The molecule has 0 heterocycles. The number of rotatable bonds is 5. The molecular formula is C6H15N3O. The highest BCUT2D eigenvalue weighted by atomic mass is 16.1. The summed E-state index contributed by atoms with van der Waals surface area (Å²) in [5.74, 6) is -0.259. The third kappa shape index (κ3) is 7.39.